The van der Waals surface area contributed by atoms with E-state index in [2.05, 4.69) is 4.74 Å². The maximum atomic E-state index is 11.3. The van der Waals surface area contributed by atoms with Crippen LogP contribution in [0.5, 0.6) is 0 Å². The average Bonchev–Trinajstić information content (AvgIpc) is 2.27. The molecule has 0 aliphatic heterocycles. The molecule has 15 heavy (non-hydrogen) atoms. The van der Waals surface area contributed by atoms with E-state index in [0.29, 0.717) is 11.4 Å². The van der Waals surface area contributed by atoms with Crippen LogP contribution in [0, 0.1) is 6.92 Å². The molecule has 0 atom stereocenters. The van der Waals surface area contributed by atoms with Crippen molar-refractivity contribution < 1.29 is 9.53 Å². The monoisotopic (exact) mass is 224 g/mol. The summed E-state index contributed by atoms with van der Waals surface area (Å²) in [4.78, 5) is 11.3. The van der Waals surface area contributed by atoms with Crippen LogP contribution in [-0.2, 0) is 4.74 Å². The Labute approximate surface area is 94.5 Å². The van der Waals surface area contributed by atoms with Gasteiger partial charge < -0.3 is 4.74 Å². The SMILES string of the molecule is COC(=O)c1ccc(C)c(C=CCCl)c1. The molecule has 80 valence electrons. The zero-order valence-corrected chi connectivity index (χ0v) is 9.54. The molecule has 0 saturated heterocycles. The third-order valence-electron chi connectivity index (χ3n) is 2.09. The highest BCUT2D eigenvalue weighted by Crippen LogP contribution is 2.13. The van der Waals surface area contributed by atoms with Crippen LogP contribution in [0.4, 0.5) is 0 Å². The van der Waals surface area contributed by atoms with Gasteiger partial charge in [0.25, 0.3) is 0 Å². The van der Waals surface area contributed by atoms with Gasteiger partial charge in [0, 0.05) is 5.88 Å². The lowest BCUT2D eigenvalue weighted by Crippen LogP contribution is -2.01. The Morgan fingerprint density at radius 2 is 2.27 bits per heavy atom. The highest BCUT2D eigenvalue weighted by atomic mass is 35.5. The summed E-state index contributed by atoms with van der Waals surface area (Å²) in [6.07, 6.45) is 3.74. The first-order valence-electron chi connectivity index (χ1n) is 4.60. The number of allylic oxidation sites excluding steroid dienone is 1. The highest BCUT2D eigenvalue weighted by Gasteiger charge is 2.05. The Morgan fingerprint density at radius 1 is 1.53 bits per heavy atom. The molecule has 1 aromatic carbocycles. The molecule has 0 fully saturated rings. The fraction of sp³-hybridized carbons (Fsp3) is 0.250. The van der Waals surface area contributed by atoms with Gasteiger partial charge in [0.1, 0.15) is 0 Å². The summed E-state index contributed by atoms with van der Waals surface area (Å²) in [5.74, 6) is 0.137. The van der Waals surface area contributed by atoms with Gasteiger partial charge in [-0.05, 0) is 30.2 Å². The van der Waals surface area contributed by atoms with Crippen molar-refractivity contribution in [2.24, 2.45) is 0 Å². The fourth-order valence-corrected chi connectivity index (χ4v) is 1.33. The maximum absolute atomic E-state index is 11.3. The van der Waals surface area contributed by atoms with Gasteiger partial charge in [0.2, 0.25) is 0 Å². The molecule has 0 heterocycles. The minimum atomic E-state index is -0.324. The fourth-order valence-electron chi connectivity index (χ4n) is 1.24. The predicted octanol–water partition coefficient (Wildman–Crippen LogP) is 3.03. The number of esters is 1. The van der Waals surface area contributed by atoms with Crippen molar-refractivity contribution in [3.63, 3.8) is 0 Å². The first-order chi connectivity index (χ1) is 7.19. The molecule has 0 aromatic heterocycles. The Morgan fingerprint density at radius 3 is 2.87 bits per heavy atom. The van der Waals surface area contributed by atoms with Crippen LogP contribution in [0.3, 0.4) is 0 Å². The number of aryl methyl sites for hydroxylation is 1. The lowest BCUT2D eigenvalue weighted by Gasteiger charge is -2.03. The molecule has 2 nitrogen and oxygen atoms in total. The topological polar surface area (TPSA) is 26.3 Å². The third-order valence-corrected chi connectivity index (χ3v) is 2.27. The molecular formula is C12H13ClO2. The molecule has 0 saturated carbocycles. The first kappa shape index (κ1) is 11.8. The van der Waals surface area contributed by atoms with E-state index in [1.165, 1.54) is 7.11 Å². The number of hydrogen-bond acceptors (Lipinski definition) is 2. The van der Waals surface area contributed by atoms with Crippen LogP contribution in [0.1, 0.15) is 21.5 Å². The lowest BCUT2D eigenvalue weighted by atomic mass is 10.0. The molecular weight excluding hydrogens is 212 g/mol. The summed E-state index contributed by atoms with van der Waals surface area (Å²) in [7, 11) is 1.37. The van der Waals surface area contributed by atoms with Crippen LogP contribution < -0.4 is 0 Å². The van der Waals surface area contributed by atoms with E-state index < -0.39 is 0 Å². The zero-order valence-electron chi connectivity index (χ0n) is 8.79. The lowest BCUT2D eigenvalue weighted by molar-refractivity contribution is 0.0600. The van der Waals surface area contributed by atoms with Gasteiger partial charge in [-0.25, -0.2) is 4.79 Å². The zero-order chi connectivity index (χ0) is 11.3. The van der Waals surface area contributed by atoms with E-state index in [1.54, 1.807) is 12.1 Å². The molecule has 0 spiro atoms. The molecule has 1 aromatic rings. The van der Waals surface area contributed by atoms with Gasteiger partial charge in [0.15, 0.2) is 0 Å². The number of carbonyl (C=O) groups excluding carboxylic acids is 1. The molecule has 0 radical (unpaired) electrons. The third kappa shape index (κ3) is 3.10. The average molecular weight is 225 g/mol. The second-order valence-corrected chi connectivity index (χ2v) is 3.43. The quantitative estimate of drug-likeness (QED) is 0.583. The number of rotatable bonds is 3. The van der Waals surface area contributed by atoms with Crippen LogP contribution in [0.15, 0.2) is 24.3 Å². The smallest absolute Gasteiger partial charge is 0.337 e. The van der Waals surface area contributed by atoms with Gasteiger partial charge in [-0.2, -0.15) is 0 Å². The van der Waals surface area contributed by atoms with E-state index in [9.17, 15) is 4.79 Å². The number of halogens is 1. The van der Waals surface area contributed by atoms with Crippen molar-refractivity contribution >= 4 is 23.6 Å². The van der Waals surface area contributed by atoms with E-state index in [0.717, 1.165) is 11.1 Å². The molecule has 0 unspecified atom stereocenters. The minimum Gasteiger partial charge on any atom is -0.465 e. The molecule has 0 aliphatic rings. The van der Waals surface area contributed by atoms with Crippen molar-refractivity contribution in [2.75, 3.05) is 13.0 Å². The van der Waals surface area contributed by atoms with Crippen LogP contribution in [0.25, 0.3) is 6.08 Å². The molecule has 0 bridgehead atoms. The van der Waals surface area contributed by atoms with Crippen LogP contribution >= 0.6 is 11.6 Å². The van der Waals surface area contributed by atoms with Crippen molar-refractivity contribution in [1.82, 2.24) is 0 Å². The number of hydrogen-bond donors (Lipinski definition) is 0. The van der Waals surface area contributed by atoms with Gasteiger partial charge in [-0.15, -0.1) is 11.6 Å². The number of methoxy groups -OCH3 is 1. The Hall–Kier alpha value is -1.28. The van der Waals surface area contributed by atoms with Gasteiger partial charge in [-0.1, -0.05) is 18.2 Å². The number of ether oxygens (including phenoxy) is 1. The Balaban J connectivity index is 3.05. The van der Waals surface area contributed by atoms with E-state index >= 15 is 0 Å². The number of alkyl halides is 1. The van der Waals surface area contributed by atoms with Gasteiger partial charge in [0.05, 0.1) is 12.7 Å². The van der Waals surface area contributed by atoms with Crippen molar-refractivity contribution in [3.05, 3.63) is 41.0 Å². The van der Waals surface area contributed by atoms with Crippen molar-refractivity contribution in [2.45, 2.75) is 6.92 Å². The standard InChI is InChI=1S/C12H13ClO2/c1-9-5-6-11(12(14)15-2)8-10(9)4-3-7-13/h3-6,8H,7H2,1-2H3. The largest absolute Gasteiger partial charge is 0.465 e. The van der Waals surface area contributed by atoms with Gasteiger partial charge in [-0.3, -0.25) is 0 Å². The predicted molar refractivity (Wildman–Crippen MR) is 62.3 cm³/mol. The summed E-state index contributed by atoms with van der Waals surface area (Å²) in [6, 6.07) is 5.43. The minimum absolute atomic E-state index is 0.324. The van der Waals surface area contributed by atoms with Crippen LogP contribution in [0.2, 0.25) is 0 Å². The molecule has 3 heteroatoms. The molecule has 1 rings (SSSR count). The van der Waals surface area contributed by atoms with Crippen LogP contribution in [-0.4, -0.2) is 19.0 Å². The van der Waals surface area contributed by atoms with Gasteiger partial charge >= 0.3 is 5.97 Å². The van der Waals surface area contributed by atoms with E-state index in [4.69, 9.17) is 11.6 Å². The van der Waals surface area contributed by atoms with E-state index in [1.807, 2.05) is 25.1 Å². The Kier molecular flexibility index (Phi) is 4.37. The summed E-state index contributed by atoms with van der Waals surface area (Å²) in [5, 5.41) is 0. The summed E-state index contributed by atoms with van der Waals surface area (Å²) < 4.78 is 4.65. The van der Waals surface area contributed by atoms with E-state index in [-0.39, 0.29) is 5.97 Å². The summed E-state index contributed by atoms with van der Waals surface area (Å²) >= 11 is 5.55. The highest BCUT2D eigenvalue weighted by molar-refractivity contribution is 6.19. The first-order valence-corrected chi connectivity index (χ1v) is 5.14. The van der Waals surface area contributed by atoms with Crippen molar-refractivity contribution in [1.29, 1.82) is 0 Å². The second-order valence-electron chi connectivity index (χ2n) is 3.12. The maximum Gasteiger partial charge on any atom is 0.337 e. The number of carbonyl (C=O) groups is 1. The molecule has 0 aliphatic carbocycles. The van der Waals surface area contributed by atoms with Crippen molar-refractivity contribution in [3.8, 4) is 0 Å². The molecule has 0 amide bonds. The normalized spacial score (nSPS) is 10.6. The summed E-state index contributed by atoms with van der Waals surface area (Å²) in [6.45, 7) is 1.98. The second kappa shape index (κ2) is 5.56. The number of benzene rings is 1. The Bertz CT molecular complexity index is 383. The molecule has 0 N–H and O–H groups in total. The summed E-state index contributed by atoms with van der Waals surface area (Å²) in [5.41, 5.74) is 2.64.